The van der Waals surface area contributed by atoms with Crippen LogP contribution in [0.2, 0.25) is 0 Å². The highest BCUT2D eigenvalue weighted by atomic mass is 19.1. The molecule has 9 nitrogen and oxygen atoms in total. The SMILES string of the molecule is CCc1nc(-c2ccc3nccc(Oc4cc(F)c(CC(=O)Nc5cnn(C(C)(C)C)c5)cc4C)c3c2)n[nH]1. The summed E-state index contributed by atoms with van der Waals surface area (Å²) in [6.45, 7) is 9.86. The summed E-state index contributed by atoms with van der Waals surface area (Å²) in [5, 5.41) is 15.0. The Morgan fingerprint density at radius 1 is 1.15 bits per heavy atom. The quantitative estimate of drug-likeness (QED) is 0.270. The molecule has 200 valence electrons. The number of aromatic amines is 1. The molecular weight excluding hydrogens is 497 g/mol. The van der Waals surface area contributed by atoms with Crippen LogP contribution in [0.4, 0.5) is 10.1 Å². The van der Waals surface area contributed by atoms with E-state index in [1.54, 1.807) is 35.4 Å². The molecule has 0 saturated carbocycles. The summed E-state index contributed by atoms with van der Waals surface area (Å²) in [7, 11) is 0. The third-order valence-electron chi connectivity index (χ3n) is 6.29. The van der Waals surface area contributed by atoms with Gasteiger partial charge in [0.1, 0.15) is 23.1 Å². The Morgan fingerprint density at radius 2 is 1.97 bits per heavy atom. The maximum Gasteiger partial charge on any atom is 0.228 e. The number of benzene rings is 2. The lowest BCUT2D eigenvalue weighted by atomic mass is 10.1. The monoisotopic (exact) mass is 527 g/mol. The molecule has 5 rings (SSSR count). The number of pyridine rings is 1. The summed E-state index contributed by atoms with van der Waals surface area (Å²) in [6.07, 6.45) is 5.61. The van der Waals surface area contributed by atoms with Crippen molar-refractivity contribution in [1.29, 1.82) is 0 Å². The first-order chi connectivity index (χ1) is 18.6. The Kier molecular flexibility index (Phi) is 6.86. The average molecular weight is 528 g/mol. The minimum absolute atomic E-state index is 0.119. The van der Waals surface area contributed by atoms with E-state index in [4.69, 9.17) is 4.74 Å². The fourth-order valence-corrected chi connectivity index (χ4v) is 4.15. The van der Waals surface area contributed by atoms with E-state index in [0.717, 1.165) is 28.7 Å². The molecule has 3 aromatic heterocycles. The van der Waals surface area contributed by atoms with Crippen LogP contribution in [0.25, 0.3) is 22.3 Å². The molecule has 0 aliphatic carbocycles. The Bertz CT molecular complexity index is 1670. The number of H-pyrrole nitrogens is 1. The van der Waals surface area contributed by atoms with Crippen LogP contribution in [0.15, 0.2) is 55.0 Å². The van der Waals surface area contributed by atoms with Gasteiger partial charge in [-0.05, 0) is 69.2 Å². The van der Waals surface area contributed by atoms with Gasteiger partial charge in [-0.25, -0.2) is 9.37 Å². The van der Waals surface area contributed by atoms with E-state index in [2.05, 4.69) is 30.6 Å². The lowest BCUT2D eigenvalue weighted by Crippen LogP contribution is -2.22. The van der Waals surface area contributed by atoms with Crippen molar-refractivity contribution >= 4 is 22.5 Å². The predicted molar refractivity (Wildman–Crippen MR) is 147 cm³/mol. The standard InChI is InChI=1S/C29H30FN7O2/c1-6-26-34-28(36-35-26)18-7-8-23-21(12-18)24(9-10-31-23)39-25-14-22(30)19(11-17(25)2)13-27(38)33-20-15-32-37(16-20)29(3,4)5/h7-12,14-16H,6,13H2,1-5H3,(H,33,38)(H,34,35,36). The summed E-state index contributed by atoms with van der Waals surface area (Å²) in [4.78, 5) is 21.6. The maximum absolute atomic E-state index is 15.1. The van der Waals surface area contributed by atoms with E-state index >= 15 is 4.39 Å². The molecule has 0 spiro atoms. The van der Waals surface area contributed by atoms with Crippen molar-refractivity contribution in [3.63, 3.8) is 0 Å². The number of amides is 1. The van der Waals surface area contributed by atoms with Crippen LogP contribution in [-0.2, 0) is 23.2 Å². The Labute approximate surface area is 225 Å². The van der Waals surface area contributed by atoms with Gasteiger partial charge < -0.3 is 10.1 Å². The molecule has 0 radical (unpaired) electrons. The molecule has 0 saturated heterocycles. The van der Waals surface area contributed by atoms with Crippen LogP contribution in [0.5, 0.6) is 11.5 Å². The highest BCUT2D eigenvalue weighted by Crippen LogP contribution is 2.34. The van der Waals surface area contributed by atoms with Crippen molar-refractivity contribution in [1.82, 2.24) is 29.9 Å². The second-order valence-corrected chi connectivity index (χ2v) is 10.4. The molecule has 0 atom stereocenters. The Balaban J connectivity index is 1.36. The number of fused-ring (bicyclic) bond motifs is 1. The minimum atomic E-state index is -0.525. The number of anilines is 1. The normalized spacial score (nSPS) is 11.6. The van der Waals surface area contributed by atoms with Gasteiger partial charge in [0.05, 0.1) is 29.4 Å². The van der Waals surface area contributed by atoms with Crippen LogP contribution in [0.1, 0.15) is 44.6 Å². The average Bonchev–Trinajstić information content (AvgIpc) is 3.57. The third-order valence-corrected chi connectivity index (χ3v) is 6.29. The molecule has 10 heteroatoms. The van der Waals surface area contributed by atoms with Crippen molar-refractivity contribution in [3.8, 4) is 22.9 Å². The topological polar surface area (TPSA) is 111 Å². The molecule has 2 aromatic carbocycles. The lowest BCUT2D eigenvalue weighted by Gasteiger charge is -2.18. The molecule has 0 fully saturated rings. The molecule has 3 heterocycles. The first kappa shape index (κ1) is 26.0. The number of nitrogens with zero attached hydrogens (tertiary/aromatic N) is 5. The van der Waals surface area contributed by atoms with Gasteiger partial charge in [0, 0.05) is 35.8 Å². The van der Waals surface area contributed by atoms with Crippen LogP contribution in [-0.4, -0.2) is 35.9 Å². The zero-order valence-electron chi connectivity index (χ0n) is 22.5. The summed E-state index contributed by atoms with van der Waals surface area (Å²) < 4.78 is 23.1. The van der Waals surface area contributed by atoms with Crippen LogP contribution in [0.3, 0.4) is 0 Å². The predicted octanol–water partition coefficient (Wildman–Crippen LogP) is 5.95. The van der Waals surface area contributed by atoms with Gasteiger partial charge in [-0.2, -0.15) is 10.2 Å². The number of nitrogens with one attached hydrogen (secondary N) is 2. The van der Waals surface area contributed by atoms with Crippen LogP contribution < -0.4 is 10.1 Å². The van der Waals surface area contributed by atoms with Crippen molar-refractivity contribution in [3.05, 3.63) is 77.8 Å². The van der Waals surface area contributed by atoms with Gasteiger partial charge in [0.2, 0.25) is 5.91 Å². The highest BCUT2D eigenvalue weighted by Gasteiger charge is 2.17. The molecule has 0 bridgehead atoms. The van der Waals surface area contributed by atoms with E-state index in [9.17, 15) is 4.79 Å². The number of carbonyl (C=O) groups is 1. The van der Waals surface area contributed by atoms with Gasteiger partial charge in [0.15, 0.2) is 5.82 Å². The van der Waals surface area contributed by atoms with Crippen molar-refractivity contribution in [2.75, 3.05) is 5.32 Å². The molecule has 5 aromatic rings. The highest BCUT2D eigenvalue weighted by molar-refractivity contribution is 5.92. The van der Waals surface area contributed by atoms with Crippen molar-refractivity contribution in [2.24, 2.45) is 0 Å². The molecule has 0 aliphatic rings. The number of halogens is 1. The second-order valence-electron chi connectivity index (χ2n) is 10.4. The lowest BCUT2D eigenvalue weighted by molar-refractivity contribution is -0.115. The summed E-state index contributed by atoms with van der Waals surface area (Å²) >= 11 is 0. The number of rotatable bonds is 7. The van der Waals surface area contributed by atoms with E-state index in [1.807, 2.05) is 52.8 Å². The zero-order valence-corrected chi connectivity index (χ0v) is 22.5. The smallest absolute Gasteiger partial charge is 0.228 e. The zero-order chi connectivity index (χ0) is 27.7. The first-order valence-electron chi connectivity index (χ1n) is 12.7. The second kappa shape index (κ2) is 10.3. The Morgan fingerprint density at radius 3 is 2.69 bits per heavy atom. The van der Waals surface area contributed by atoms with Gasteiger partial charge in [-0.15, -0.1) is 0 Å². The molecule has 0 aliphatic heterocycles. The van der Waals surface area contributed by atoms with Crippen LogP contribution >= 0.6 is 0 Å². The number of hydrogen-bond acceptors (Lipinski definition) is 6. The molecule has 0 unspecified atom stereocenters. The Hall–Kier alpha value is -4.60. The molecule has 39 heavy (non-hydrogen) atoms. The van der Waals surface area contributed by atoms with E-state index in [1.165, 1.54) is 6.07 Å². The fraction of sp³-hybridized carbons (Fsp3) is 0.276. The van der Waals surface area contributed by atoms with Gasteiger partial charge >= 0.3 is 0 Å². The number of hydrogen-bond donors (Lipinski definition) is 2. The first-order valence-corrected chi connectivity index (χ1v) is 12.7. The molecular formula is C29H30FN7O2. The maximum atomic E-state index is 15.1. The molecule has 2 N–H and O–H groups in total. The number of aryl methyl sites for hydroxylation is 2. The summed E-state index contributed by atoms with van der Waals surface area (Å²) in [6, 6.07) is 10.4. The van der Waals surface area contributed by atoms with Crippen molar-refractivity contribution in [2.45, 2.75) is 53.0 Å². The van der Waals surface area contributed by atoms with E-state index in [-0.39, 0.29) is 23.4 Å². The minimum Gasteiger partial charge on any atom is -0.456 e. The largest absolute Gasteiger partial charge is 0.456 e. The van der Waals surface area contributed by atoms with Gasteiger partial charge in [0.25, 0.3) is 0 Å². The van der Waals surface area contributed by atoms with Crippen LogP contribution in [0, 0.1) is 12.7 Å². The molecule has 1 amide bonds. The number of aromatic nitrogens is 6. The van der Waals surface area contributed by atoms with Gasteiger partial charge in [-0.3, -0.25) is 19.6 Å². The summed E-state index contributed by atoms with van der Waals surface area (Å²) in [5.74, 6) is 1.40. The van der Waals surface area contributed by atoms with Crippen molar-refractivity contribution < 1.29 is 13.9 Å². The van der Waals surface area contributed by atoms with E-state index in [0.29, 0.717) is 28.6 Å². The third kappa shape index (κ3) is 5.64. The number of ether oxygens (including phenoxy) is 1. The fourth-order valence-electron chi connectivity index (χ4n) is 4.15. The number of carbonyl (C=O) groups excluding carboxylic acids is 1. The van der Waals surface area contributed by atoms with Gasteiger partial charge in [-0.1, -0.05) is 6.92 Å². The summed E-state index contributed by atoms with van der Waals surface area (Å²) in [5.41, 5.74) is 2.86. The van der Waals surface area contributed by atoms with E-state index < -0.39 is 5.82 Å².